The molecule has 0 amide bonds. The number of likely N-dealkylation sites (tertiary alicyclic amines) is 2. The van der Waals surface area contributed by atoms with Gasteiger partial charge in [0, 0.05) is 35.0 Å². The molecule has 2 fully saturated rings. The Hall–Kier alpha value is -2.38. The van der Waals surface area contributed by atoms with E-state index < -0.39 is 0 Å². The second kappa shape index (κ2) is 25.0. The molecule has 2 heterocycles. The molecular formula is C37H65N3O3. The summed E-state index contributed by atoms with van der Waals surface area (Å²) in [7, 11) is 7.32. The molecule has 2 unspecified atom stereocenters. The Labute approximate surface area is 266 Å². The lowest BCUT2D eigenvalue weighted by Gasteiger charge is -2.25. The van der Waals surface area contributed by atoms with Gasteiger partial charge in [0.25, 0.3) is 0 Å². The fourth-order valence-corrected chi connectivity index (χ4v) is 5.67. The summed E-state index contributed by atoms with van der Waals surface area (Å²) in [6.45, 7) is 17.2. The van der Waals surface area contributed by atoms with E-state index in [-0.39, 0.29) is 7.53 Å². The molecule has 3 atom stereocenters. The van der Waals surface area contributed by atoms with Gasteiger partial charge in [-0.25, -0.2) is 0 Å². The summed E-state index contributed by atoms with van der Waals surface area (Å²) in [6.07, 6.45) is 10.2. The predicted octanol–water partition coefficient (Wildman–Crippen LogP) is 7.57. The monoisotopic (exact) mass is 600 g/mol. The zero-order valence-electron chi connectivity index (χ0n) is 28.9. The van der Waals surface area contributed by atoms with Crippen LogP contribution in [0.15, 0.2) is 47.5 Å². The molecule has 2 aromatic carbocycles. The SMILES string of the molecule is C=O.CC.CCc1ccc(C=NC)c(C)c1.COC.Cc1ccc(C(O)C2CCCN(CC[C@H]3CCCN3C)CC2)cc1.[HH]. The van der Waals surface area contributed by atoms with Crippen LogP contribution in [0.1, 0.15) is 94.6 Å². The van der Waals surface area contributed by atoms with Gasteiger partial charge in [-0.2, -0.15) is 0 Å². The number of carbonyl (C=O) groups excluding carboxylic acids is 1. The van der Waals surface area contributed by atoms with Crippen molar-refractivity contribution in [1.82, 2.24) is 9.80 Å². The molecule has 0 radical (unpaired) electrons. The number of benzene rings is 2. The number of carbonyl (C=O) groups is 1. The van der Waals surface area contributed by atoms with Gasteiger partial charge in [0.15, 0.2) is 0 Å². The van der Waals surface area contributed by atoms with E-state index in [4.69, 9.17) is 4.79 Å². The average molecular weight is 600 g/mol. The predicted molar refractivity (Wildman–Crippen MR) is 188 cm³/mol. The van der Waals surface area contributed by atoms with Crippen molar-refractivity contribution in [1.29, 1.82) is 0 Å². The average Bonchev–Trinajstić information content (AvgIpc) is 3.30. The fourth-order valence-electron chi connectivity index (χ4n) is 5.67. The molecule has 43 heavy (non-hydrogen) atoms. The molecule has 2 aliphatic heterocycles. The van der Waals surface area contributed by atoms with Gasteiger partial charge in [-0.15, -0.1) is 0 Å². The summed E-state index contributed by atoms with van der Waals surface area (Å²) in [5.41, 5.74) is 6.26. The Morgan fingerprint density at radius 2 is 1.65 bits per heavy atom. The van der Waals surface area contributed by atoms with Gasteiger partial charge in [-0.3, -0.25) is 4.99 Å². The molecule has 0 saturated carbocycles. The van der Waals surface area contributed by atoms with E-state index in [1.807, 2.05) is 26.9 Å². The van der Waals surface area contributed by atoms with Gasteiger partial charge >= 0.3 is 0 Å². The van der Waals surface area contributed by atoms with Crippen LogP contribution in [0.5, 0.6) is 0 Å². The van der Waals surface area contributed by atoms with E-state index in [0.29, 0.717) is 5.92 Å². The highest BCUT2D eigenvalue weighted by Crippen LogP contribution is 2.31. The largest absolute Gasteiger partial charge is 0.388 e. The van der Waals surface area contributed by atoms with Crippen LogP contribution in [0.2, 0.25) is 0 Å². The number of methoxy groups -OCH3 is 1. The molecule has 0 aliphatic carbocycles. The van der Waals surface area contributed by atoms with Gasteiger partial charge in [0.1, 0.15) is 6.79 Å². The van der Waals surface area contributed by atoms with Crippen molar-refractivity contribution in [2.45, 2.75) is 91.7 Å². The number of aliphatic imine (C=N–C) groups is 1. The maximum Gasteiger partial charge on any atom is 0.106 e. The van der Waals surface area contributed by atoms with Gasteiger partial charge in [0.05, 0.1) is 6.10 Å². The van der Waals surface area contributed by atoms with E-state index in [1.165, 1.54) is 67.6 Å². The van der Waals surface area contributed by atoms with Gasteiger partial charge < -0.3 is 24.4 Å². The molecule has 0 spiro atoms. The number of hydrogen-bond donors (Lipinski definition) is 1. The summed E-state index contributed by atoms with van der Waals surface area (Å²) in [4.78, 5) is 17.2. The van der Waals surface area contributed by atoms with Gasteiger partial charge in [-0.1, -0.05) is 68.8 Å². The zero-order chi connectivity index (χ0) is 32.6. The standard InChI is InChI=1S/C21H34N2O.C11H15N.C2H6O.C2H6.CH2O.H2/c1-17-7-9-19(10-8-17)21(24)18-5-3-14-23(15-11-18)16-12-20-6-4-13-22(20)2;1-4-10-5-6-11(8-12-3)9(2)7-10;1-3-2;2*1-2;/h7-10,18,20-21,24H,3-6,11-16H2,1-2H3;5-8H,4H2,1-3H3;1-2H3;1-2H3;1H2;1H/t18?,20-,21?;;;;;/m1...../s1. The molecule has 0 aromatic heterocycles. The summed E-state index contributed by atoms with van der Waals surface area (Å²) in [6, 6.07) is 15.7. The van der Waals surface area contributed by atoms with Crippen LogP contribution in [0, 0.1) is 19.8 Å². The second-order valence-corrected chi connectivity index (χ2v) is 11.3. The Kier molecular flexibility index (Phi) is 23.6. The van der Waals surface area contributed by atoms with Gasteiger partial charge in [-0.05, 0) is 120 Å². The number of aliphatic hydroxyl groups is 1. The third-order valence-electron chi connectivity index (χ3n) is 8.19. The van der Waals surface area contributed by atoms with Crippen molar-refractivity contribution in [3.8, 4) is 0 Å². The number of ether oxygens (including phenoxy) is 1. The van der Waals surface area contributed by atoms with Crippen LogP contribution in [0.4, 0.5) is 0 Å². The van der Waals surface area contributed by atoms with E-state index in [9.17, 15) is 5.11 Å². The number of hydrogen-bond acceptors (Lipinski definition) is 6. The molecule has 6 nitrogen and oxygen atoms in total. The van der Waals surface area contributed by atoms with E-state index in [0.717, 1.165) is 37.4 Å². The highest BCUT2D eigenvalue weighted by Gasteiger charge is 2.26. The van der Waals surface area contributed by atoms with Crippen molar-refractivity contribution < 1.29 is 16.1 Å². The van der Waals surface area contributed by atoms with Crippen LogP contribution in [-0.4, -0.2) is 88.4 Å². The summed E-state index contributed by atoms with van der Waals surface area (Å²) >= 11 is 0. The normalized spacial score (nSPS) is 19.3. The van der Waals surface area contributed by atoms with Crippen molar-refractivity contribution in [2.24, 2.45) is 10.9 Å². The van der Waals surface area contributed by atoms with Crippen LogP contribution in [0.25, 0.3) is 0 Å². The Balaban J connectivity index is 0. The lowest BCUT2D eigenvalue weighted by Crippen LogP contribution is -2.32. The minimum absolute atomic E-state index is 0. The smallest absolute Gasteiger partial charge is 0.106 e. The summed E-state index contributed by atoms with van der Waals surface area (Å²) in [5, 5.41) is 10.8. The molecule has 2 aromatic rings. The van der Waals surface area contributed by atoms with Crippen LogP contribution < -0.4 is 0 Å². The number of aryl methyl sites for hydroxylation is 3. The Morgan fingerprint density at radius 3 is 2.19 bits per heavy atom. The lowest BCUT2D eigenvalue weighted by molar-refractivity contribution is -0.0980. The minimum atomic E-state index is -0.300. The zero-order valence-corrected chi connectivity index (χ0v) is 28.9. The summed E-state index contributed by atoms with van der Waals surface area (Å²) < 4.78 is 4.25. The lowest BCUT2D eigenvalue weighted by atomic mass is 9.89. The second-order valence-electron chi connectivity index (χ2n) is 11.3. The third-order valence-corrected chi connectivity index (χ3v) is 8.19. The van der Waals surface area contributed by atoms with E-state index in [1.54, 1.807) is 21.3 Å². The molecule has 0 bridgehead atoms. The maximum absolute atomic E-state index is 10.8. The van der Waals surface area contributed by atoms with Crippen molar-refractivity contribution in [2.75, 3.05) is 54.5 Å². The van der Waals surface area contributed by atoms with E-state index in [2.05, 4.69) is 89.8 Å². The highest BCUT2D eigenvalue weighted by molar-refractivity contribution is 5.81. The first-order chi connectivity index (χ1) is 20.8. The number of rotatable bonds is 7. The minimum Gasteiger partial charge on any atom is -0.388 e. The van der Waals surface area contributed by atoms with E-state index >= 15 is 0 Å². The molecule has 2 aliphatic rings. The Morgan fingerprint density at radius 1 is 1.02 bits per heavy atom. The first-order valence-corrected chi connectivity index (χ1v) is 16.2. The molecule has 2 saturated heterocycles. The molecule has 4 rings (SSSR count). The maximum atomic E-state index is 10.8. The van der Waals surface area contributed by atoms with Crippen LogP contribution in [-0.2, 0) is 16.0 Å². The van der Waals surface area contributed by atoms with Crippen molar-refractivity contribution in [3.05, 3.63) is 70.3 Å². The number of aliphatic hydroxyl groups excluding tert-OH is 1. The highest BCUT2D eigenvalue weighted by atomic mass is 16.4. The first kappa shape index (κ1) is 40.6. The first-order valence-electron chi connectivity index (χ1n) is 16.2. The quantitative estimate of drug-likeness (QED) is 0.333. The molecule has 1 N–H and O–H groups in total. The topological polar surface area (TPSA) is 65.4 Å². The van der Waals surface area contributed by atoms with Crippen LogP contribution >= 0.6 is 0 Å². The molecule has 6 heteroatoms. The third kappa shape index (κ3) is 15.8. The van der Waals surface area contributed by atoms with Crippen molar-refractivity contribution in [3.63, 3.8) is 0 Å². The number of nitrogens with zero attached hydrogens (tertiary/aromatic N) is 3. The fraction of sp³-hybridized carbons (Fsp3) is 0.622. The summed E-state index contributed by atoms with van der Waals surface area (Å²) in [5.74, 6) is 0.409. The van der Waals surface area contributed by atoms with Gasteiger partial charge in [0.2, 0.25) is 0 Å². The Bertz CT molecular complexity index is 986. The molecule has 246 valence electrons. The molecular weight excluding hydrogens is 534 g/mol. The van der Waals surface area contributed by atoms with Crippen molar-refractivity contribution >= 4 is 13.0 Å². The van der Waals surface area contributed by atoms with Crippen LogP contribution in [0.3, 0.4) is 0 Å².